The Hall–Kier alpha value is -0.780. The van der Waals surface area contributed by atoms with Crippen LogP contribution in [0.4, 0.5) is 13.2 Å². The lowest BCUT2D eigenvalue weighted by Crippen LogP contribution is -2.53. The number of piperazine rings is 1. The number of amides is 1. The number of likely N-dealkylation sites (N-methyl/N-ethyl adjacent to an activating group) is 1. The lowest BCUT2D eigenvalue weighted by Gasteiger charge is -2.30. The topological polar surface area (TPSA) is 32.3 Å². The quantitative estimate of drug-likeness (QED) is 0.729. The fourth-order valence-electron chi connectivity index (χ4n) is 1.40. The summed E-state index contributed by atoms with van der Waals surface area (Å²) in [4.78, 5) is 12.8. The third-order valence-corrected chi connectivity index (χ3v) is 2.23. The lowest BCUT2D eigenvalue weighted by atomic mass is 10.1. The highest BCUT2D eigenvalue weighted by molar-refractivity contribution is 5.82. The Kier molecular flexibility index (Phi) is 3.36. The fraction of sp³-hybridized carbons (Fsp3) is 0.875. The molecule has 14 heavy (non-hydrogen) atoms. The van der Waals surface area contributed by atoms with Gasteiger partial charge in [-0.15, -0.1) is 0 Å². The maximum Gasteiger partial charge on any atom is 0.389 e. The van der Waals surface area contributed by atoms with E-state index in [2.05, 4.69) is 5.32 Å². The molecule has 82 valence electrons. The van der Waals surface area contributed by atoms with E-state index in [4.69, 9.17) is 0 Å². The first-order chi connectivity index (χ1) is 6.40. The smallest absolute Gasteiger partial charge is 0.343 e. The molecule has 0 spiro atoms. The number of rotatable bonds is 2. The molecule has 1 fully saturated rings. The largest absolute Gasteiger partial charge is 0.389 e. The maximum absolute atomic E-state index is 11.9. The third kappa shape index (κ3) is 3.17. The average Bonchev–Trinajstić information content (AvgIpc) is 2.06. The number of nitrogens with zero attached hydrogens (tertiary/aromatic N) is 1. The summed E-state index contributed by atoms with van der Waals surface area (Å²) in [5, 5.41) is 2.78. The molecule has 1 unspecified atom stereocenters. The first kappa shape index (κ1) is 11.3. The summed E-state index contributed by atoms with van der Waals surface area (Å²) >= 11 is 0. The lowest BCUT2D eigenvalue weighted by molar-refractivity contribution is -0.143. The summed E-state index contributed by atoms with van der Waals surface area (Å²) in [6.45, 7) is 1.12. The molecule has 0 aliphatic carbocycles. The van der Waals surface area contributed by atoms with Crippen LogP contribution in [-0.2, 0) is 4.79 Å². The zero-order valence-electron chi connectivity index (χ0n) is 7.90. The van der Waals surface area contributed by atoms with E-state index in [1.165, 1.54) is 4.90 Å². The summed E-state index contributed by atoms with van der Waals surface area (Å²) in [7, 11) is 1.60. The van der Waals surface area contributed by atoms with Crippen molar-refractivity contribution in [3.8, 4) is 0 Å². The average molecular weight is 210 g/mol. The molecule has 1 aliphatic heterocycles. The molecule has 6 heteroatoms. The number of hydrogen-bond acceptors (Lipinski definition) is 2. The van der Waals surface area contributed by atoms with Gasteiger partial charge in [-0.2, -0.15) is 13.2 Å². The second kappa shape index (κ2) is 4.16. The molecule has 0 aromatic heterocycles. The van der Waals surface area contributed by atoms with Gasteiger partial charge in [0.25, 0.3) is 0 Å². The number of halogens is 3. The Bertz CT molecular complexity index is 217. The van der Waals surface area contributed by atoms with Gasteiger partial charge in [0.2, 0.25) is 5.91 Å². The van der Waals surface area contributed by atoms with Gasteiger partial charge in [0.05, 0.1) is 6.04 Å². The van der Waals surface area contributed by atoms with Gasteiger partial charge in [-0.25, -0.2) is 0 Å². The van der Waals surface area contributed by atoms with E-state index in [0.29, 0.717) is 13.1 Å². The van der Waals surface area contributed by atoms with Crippen LogP contribution in [-0.4, -0.2) is 43.2 Å². The maximum atomic E-state index is 11.9. The highest BCUT2D eigenvalue weighted by atomic mass is 19.4. The number of carbonyl (C=O) groups excluding carboxylic acids is 1. The van der Waals surface area contributed by atoms with E-state index in [1.54, 1.807) is 7.05 Å². The monoisotopic (exact) mass is 210 g/mol. The Labute approximate surface area is 80.3 Å². The Morgan fingerprint density at radius 1 is 1.57 bits per heavy atom. The summed E-state index contributed by atoms with van der Waals surface area (Å²) in [5.41, 5.74) is 0. The first-order valence-corrected chi connectivity index (χ1v) is 4.45. The van der Waals surface area contributed by atoms with E-state index in [-0.39, 0.29) is 12.3 Å². The second-order valence-electron chi connectivity index (χ2n) is 3.42. The van der Waals surface area contributed by atoms with Crippen LogP contribution in [0.2, 0.25) is 0 Å². The molecule has 0 bridgehead atoms. The molecular weight excluding hydrogens is 197 g/mol. The molecule has 3 nitrogen and oxygen atoms in total. The first-order valence-electron chi connectivity index (χ1n) is 4.45. The van der Waals surface area contributed by atoms with Crippen LogP contribution < -0.4 is 5.32 Å². The van der Waals surface area contributed by atoms with Gasteiger partial charge in [0.15, 0.2) is 0 Å². The summed E-state index contributed by atoms with van der Waals surface area (Å²) < 4.78 is 35.6. The van der Waals surface area contributed by atoms with E-state index in [1.807, 2.05) is 0 Å². The minimum atomic E-state index is -4.18. The molecule has 1 rings (SSSR count). The Balaban J connectivity index is 2.40. The fourth-order valence-corrected chi connectivity index (χ4v) is 1.40. The molecule has 0 radical (unpaired) electrons. The van der Waals surface area contributed by atoms with Gasteiger partial charge in [0, 0.05) is 26.6 Å². The molecule has 1 saturated heterocycles. The molecule has 1 amide bonds. The van der Waals surface area contributed by atoms with E-state index in [0.717, 1.165) is 0 Å². The second-order valence-corrected chi connectivity index (χ2v) is 3.42. The number of carbonyl (C=O) groups is 1. The van der Waals surface area contributed by atoms with Crippen LogP contribution in [0.5, 0.6) is 0 Å². The van der Waals surface area contributed by atoms with E-state index in [9.17, 15) is 18.0 Å². The molecule has 1 N–H and O–H groups in total. The van der Waals surface area contributed by atoms with Crippen molar-refractivity contribution < 1.29 is 18.0 Å². The highest BCUT2D eigenvalue weighted by Crippen LogP contribution is 2.23. The van der Waals surface area contributed by atoms with Crippen LogP contribution in [0.15, 0.2) is 0 Å². The molecule has 1 heterocycles. The van der Waals surface area contributed by atoms with Gasteiger partial charge in [0.1, 0.15) is 0 Å². The zero-order valence-corrected chi connectivity index (χ0v) is 7.90. The van der Waals surface area contributed by atoms with E-state index >= 15 is 0 Å². The van der Waals surface area contributed by atoms with Gasteiger partial charge in [-0.3, -0.25) is 4.79 Å². The zero-order chi connectivity index (χ0) is 10.8. The molecule has 1 atom stereocenters. The third-order valence-electron chi connectivity index (χ3n) is 2.23. The number of nitrogens with one attached hydrogen (secondary N) is 1. The van der Waals surface area contributed by atoms with Crippen molar-refractivity contribution in [2.75, 3.05) is 20.1 Å². The standard InChI is InChI=1S/C8H13F3N2O/c1-13-5-4-12-6(7(13)14)2-3-8(9,10)11/h6,12H,2-5H2,1H3. The summed E-state index contributed by atoms with van der Waals surface area (Å²) in [6, 6.07) is -0.671. The van der Waals surface area contributed by atoms with Crippen molar-refractivity contribution in [1.29, 1.82) is 0 Å². The predicted molar refractivity (Wildman–Crippen MR) is 44.7 cm³/mol. The summed E-state index contributed by atoms with van der Waals surface area (Å²) in [5.74, 6) is -0.250. The molecule has 0 aromatic carbocycles. The predicted octanol–water partition coefficient (Wildman–Crippen LogP) is 0.759. The van der Waals surface area contributed by atoms with Crippen molar-refractivity contribution >= 4 is 5.91 Å². The van der Waals surface area contributed by atoms with Gasteiger partial charge < -0.3 is 10.2 Å². The van der Waals surface area contributed by atoms with Crippen LogP contribution in [0.1, 0.15) is 12.8 Å². The van der Waals surface area contributed by atoms with Gasteiger partial charge in [-0.1, -0.05) is 0 Å². The normalized spacial score (nSPS) is 24.1. The van der Waals surface area contributed by atoms with Crippen LogP contribution in [0, 0.1) is 0 Å². The minimum Gasteiger partial charge on any atom is -0.343 e. The molecular formula is C8H13F3N2O. The van der Waals surface area contributed by atoms with Crippen molar-refractivity contribution in [3.63, 3.8) is 0 Å². The highest BCUT2D eigenvalue weighted by Gasteiger charge is 2.32. The summed E-state index contributed by atoms with van der Waals surface area (Å²) in [6.07, 6.45) is -5.27. The number of hydrogen-bond donors (Lipinski definition) is 1. The Morgan fingerprint density at radius 3 is 2.79 bits per heavy atom. The van der Waals surface area contributed by atoms with Gasteiger partial charge >= 0.3 is 6.18 Å². The van der Waals surface area contributed by atoms with Crippen LogP contribution >= 0.6 is 0 Å². The molecule has 0 aromatic rings. The van der Waals surface area contributed by atoms with Gasteiger partial charge in [-0.05, 0) is 6.42 Å². The minimum absolute atomic E-state index is 0.174. The SMILES string of the molecule is CN1CCNC(CCC(F)(F)F)C1=O. The molecule has 0 saturated carbocycles. The van der Waals surface area contributed by atoms with Crippen LogP contribution in [0.3, 0.4) is 0 Å². The van der Waals surface area contributed by atoms with Crippen molar-refractivity contribution in [2.24, 2.45) is 0 Å². The van der Waals surface area contributed by atoms with Crippen molar-refractivity contribution in [2.45, 2.75) is 25.1 Å². The van der Waals surface area contributed by atoms with Crippen LogP contribution in [0.25, 0.3) is 0 Å². The number of alkyl halides is 3. The van der Waals surface area contributed by atoms with Crippen molar-refractivity contribution in [1.82, 2.24) is 10.2 Å². The van der Waals surface area contributed by atoms with Crippen molar-refractivity contribution in [3.05, 3.63) is 0 Å². The Morgan fingerprint density at radius 2 is 2.21 bits per heavy atom. The molecule has 1 aliphatic rings. The van der Waals surface area contributed by atoms with E-state index < -0.39 is 18.6 Å².